The number of hydrogen-bond donors (Lipinski definition) is 4. The Labute approximate surface area is 88.7 Å². The van der Waals surface area contributed by atoms with Gasteiger partial charge in [-0.25, -0.2) is 0 Å². The molecule has 1 atom stereocenters. The van der Waals surface area contributed by atoms with E-state index in [1.54, 1.807) is 0 Å². The van der Waals surface area contributed by atoms with E-state index >= 15 is 0 Å². The second-order valence-corrected chi connectivity index (χ2v) is 3.23. The van der Waals surface area contributed by atoms with Crippen LogP contribution in [0.3, 0.4) is 0 Å². The van der Waals surface area contributed by atoms with Gasteiger partial charge in [0.1, 0.15) is 0 Å². The van der Waals surface area contributed by atoms with Crippen LogP contribution in [0.25, 0.3) is 0 Å². The van der Waals surface area contributed by atoms with Gasteiger partial charge in [-0.15, -0.1) is 0 Å². The first-order valence-corrected chi connectivity index (χ1v) is 4.93. The SMILES string of the molecule is CCCNC(=O)CNCC(O)CC(=O)O. The molecule has 0 aliphatic carbocycles. The molecule has 4 N–H and O–H groups in total. The van der Waals surface area contributed by atoms with E-state index in [9.17, 15) is 9.59 Å². The normalized spacial score (nSPS) is 12.1. The van der Waals surface area contributed by atoms with Crippen LogP contribution in [0.15, 0.2) is 0 Å². The molecule has 6 heteroatoms. The Morgan fingerprint density at radius 1 is 1.40 bits per heavy atom. The molecule has 0 aliphatic rings. The lowest BCUT2D eigenvalue weighted by Crippen LogP contribution is -2.38. The van der Waals surface area contributed by atoms with E-state index < -0.39 is 12.1 Å². The van der Waals surface area contributed by atoms with Gasteiger partial charge >= 0.3 is 5.97 Å². The standard InChI is InChI=1S/C9H18N2O4/c1-2-3-11-8(13)6-10-5-7(12)4-9(14)15/h7,10,12H,2-6H2,1H3,(H,11,13)(H,14,15). The predicted octanol–water partition coefficient (Wildman–Crippen LogP) is -1.06. The van der Waals surface area contributed by atoms with Gasteiger partial charge in [-0.1, -0.05) is 6.92 Å². The highest BCUT2D eigenvalue weighted by atomic mass is 16.4. The summed E-state index contributed by atoms with van der Waals surface area (Å²) in [6.07, 6.45) is -0.404. The Bertz CT molecular complexity index is 208. The summed E-state index contributed by atoms with van der Waals surface area (Å²) in [5.41, 5.74) is 0. The molecule has 0 aliphatic heterocycles. The lowest BCUT2D eigenvalue weighted by molar-refractivity contribution is -0.139. The van der Waals surface area contributed by atoms with E-state index in [1.807, 2.05) is 6.92 Å². The van der Waals surface area contributed by atoms with E-state index in [0.29, 0.717) is 6.54 Å². The minimum Gasteiger partial charge on any atom is -0.481 e. The van der Waals surface area contributed by atoms with Gasteiger partial charge in [-0.05, 0) is 6.42 Å². The van der Waals surface area contributed by atoms with Gasteiger partial charge in [0.05, 0.1) is 19.1 Å². The summed E-state index contributed by atoms with van der Waals surface area (Å²) in [5.74, 6) is -1.21. The number of carboxylic acids is 1. The lowest BCUT2D eigenvalue weighted by Gasteiger charge is -2.09. The molecule has 0 spiro atoms. The number of aliphatic hydroxyl groups is 1. The van der Waals surface area contributed by atoms with Crippen molar-refractivity contribution in [1.82, 2.24) is 10.6 Å². The van der Waals surface area contributed by atoms with Crippen LogP contribution < -0.4 is 10.6 Å². The largest absolute Gasteiger partial charge is 0.481 e. The van der Waals surface area contributed by atoms with Crippen LogP contribution in [-0.2, 0) is 9.59 Å². The minimum absolute atomic E-state index is 0.0939. The highest BCUT2D eigenvalue weighted by molar-refractivity contribution is 5.77. The van der Waals surface area contributed by atoms with Crippen molar-refractivity contribution in [3.8, 4) is 0 Å². The van der Waals surface area contributed by atoms with Crippen LogP contribution in [0.4, 0.5) is 0 Å². The van der Waals surface area contributed by atoms with Crippen molar-refractivity contribution in [3.63, 3.8) is 0 Å². The van der Waals surface area contributed by atoms with Gasteiger partial charge in [-0.3, -0.25) is 9.59 Å². The summed E-state index contributed by atoms with van der Waals surface area (Å²) < 4.78 is 0. The number of amides is 1. The van der Waals surface area contributed by atoms with Crippen molar-refractivity contribution < 1.29 is 19.8 Å². The van der Waals surface area contributed by atoms with Crippen LogP contribution in [0.5, 0.6) is 0 Å². The molecule has 0 radical (unpaired) electrons. The number of carbonyl (C=O) groups excluding carboxylic acids is 1. The molecule has 0 heterocycles. The number of aliphatic hydroxyl groups excluding tert-OH is 1. The van der Waals surface area contributed by atoms with Crippen LogP contribution in [0.2, 0.25) is 0 Å². The second-order valence-electron chi connectivity index (χ2n) is 3.23. The maximum absolute atomic E-state index is 11.0. The first kappa shape index (κ1) is 13.9. The topological polar surface area (TPSA) is 98.7 Å². The zero-order valence-electron chi connectivity index (χ0n) is 8.82. The molecule has 0 aromatic carbocycles. The molecule has 0 saturated heterocycles. The van der Waals surface area contributed by atoms with E-state index in [1.165, 1.54) is 0 Å². The maximum Gasteiger partial charge on any atom is 0.306 e. The smallest absolute Gasteiger partial charge is 0.306 e. The molecule has 0 rings (SSSR count). The maximum atomic E-state index is 11.0. The van der Waals surface area contributed by atoms with Crippen LogP contribution in [0, 0.1) is 0 Å². The molecule has 0 bridgehead atoms. The first-order chi connectivity index (χ1) is 7.06. The lowest BCUT2D eigenvalue weighted by atomic mass is 10.2. The fourth-order valence-electron chi connectivity index (χ4n) is 0.953. The number of rotatable bonds is 8. The van der Waals surface area contributed by atoms with Crippen LogP contribution >= 0.6 is 0 Å². The molecule has 0 saturated carbocycles. The third-order valence-corrected chi connectivity index (χ3v) is 1.65. The van der Waals surface area contributed by atoms with E-state index in [0.717, 1.165) is 6.42 Å². The van der Waals surface area contributed by atoms with E-state index in [2.05, 4.69) is 10.6 Å². The Morgan fingerprint density at radius 3 is 2.60 bits per heavy atom. The third kappa shape index (κ3) is 9.17. The van der Waals surface area contributed by atoms with Crippen molar-refractivity contribution >= 4 is 11.9 Å². The quantitative estimate of drug-likeness (QED) is 0.416. The van der Waals surface area contributed by atoms with Crippen molar-refractivity contribution in [2.75, 3.05) is 19.6 Å². The Balaban J connectivity index is 3.43. The zero-order chi connectivity index (χ0) is 11.7. The number of aliphatic carboxylic acids is 1. The van der Waals surface area contributed by atoms with E-state index in [-0.39, 0.29) is 25.4 Å². The molecule has 1 amide bonds. The average Bonchev–Trinajstić information content (AvgIpc) is 2.13. The second kappa shape index (κ2) is 8.19. The number of nitrogens with one attached hydrogen (secondary N) is 2. The molecule has 15 heavy (non-hydrogen) atoms. The van der Waals surface area contributed by atoms with Gasteiger partial charge in [0, 0.05) is 13.1 Å². The fraction of sp³-hybridized carbons (Fsp3) is 0.778. The fourth-order valence-corrected chi connectivity index (χ4v) is 0.953. The average molecular weight is 218 g/mol. The van der Waals surface area contributed by atoms with Gasteiger partial charge in [-0.2, -0.15) is 0 Å². The number of carboxylic acid groups (broad SMARTS) is 1. The van der Waals surface area contributed by atoms with Crippen molar-refractivity contribution in [2.24, 2.45) is 0 Å². The molecular formula is C9H18N2O4. The van der Waals surface area contributed by atoms with E-state index in [4.69, 9.17) is 10.2 Å². The predicted molar refractivity (Wildman–Crippen MR) is 54.4 cm³/mol. The number of hydrogen-bond acceptors (Lipinski definition) is 4. The monoisotopic (exact) mass is 218 g/mol. The van der Waals surface area contributed by atoms with Gasteiger partial charge in [0.25, 0.3) is 0 Å². The van der Waals surface area contributed by atoms with Crippen molar-refractivity contribution in [2.45, 2.75) is 25.9 Å². The Hall–Kier alpha value is -1.14. The van der Waals surface area contributed by atoms with Gasteiger partial charge < -0.3 is 20.8 Å². The zero-order valence-corrected chi connectivity index (χ0v) is 8.82. The highest BCUT2D eigenvalue weighted by Gasteiger charge is 2.09. The van der Waals surface area contributed by atoms with Gasteiger partial charge in [0.2, 0.25) is 5.91 Å². The highest BCUT2D eigenvalue weighted by Crippen LogP contribution is 1.88. The summed E-state index contributed by atoms with van der Waals surface area (Å²) in [5, 5.41) is 22.8. The summed E-state index contributed by atoms with van der Waals surface area (Å²) >= 11 is 0. The van der Waals surface area contributed by atoms with Crippen molar-refractivity contribution in [1.29, 1.82) is 0 Å². The summed E-state index contributed by atoms with van der Waals surface area (Å²) in [6, 6.07) is 0. The Morgan fingerprint density at radius 2 is 2.07 bits per heavy atom. The van der Waals surface area contributed by atoms with Crippen molar-refractivity contribution in [3.05, 3.63) is 0 Å². The Kier molecular flexibility index (Phi) is 7.57. The minimum atomic E-state index is -1.06. The summed E-state index contributed by atoms with van der Waals surface area (Å²) in [4.78, 5) is 21.2. The number of carbonyl (C=O) groups is 2. The molecule has 0 fully saturated rings. The van der Waals surface area contributed by atoms with Gasteiger partial charge in [0.15, 0.2) is 0 Å². The summed E-state index contributed by atoms with van der Waals surface area (Å²) in [6.45, 7) is 2.77. The molecule has 88 valence electrons. The third-order valence-electron chi connectivity index (χ3n) is 1.65. The molecule has 6 nitrogen and oxygen atoms in total. The molecule has 1 unspecified atom stereocenters. The molecule has 0 aromatic heterocycles. The molecule has 0 aromatic rings. The van der Waals surface area contributed by atoms with Crippen LogP contribution in [0.1, 0.15) is 19.8 Å². The molecular weight excluding hydrogens is 200 g/mol. The van der Waals surface area contributed by atoms with Crippen LogP contribution in [-0.4, -0.2) is 47.8 Å². The summed E-state index contributed by atoms with van der Waals surface area (Å²) in [7, 11) is 0. The first-order valence-electron chi connectivity index (χ1n) is 4.93.